The second-order valence-corrected chi connectivity index (χ2v) is 14.5. The molecule has 0 aromatic rings. The SMILES string of the molecule is CCCCCCCC/C=C\CCCCCCCCNCC[N+]1(C)CCN=C1CCCCCCCC/C=C\CCCCCCCC. The Morgan fingerprint density at radius 2 is 0.911 bits per heavy atom. The Morgan fingerprint density at radius 1 is 0.511 bits per heavy atom. The summed E-state index contributed by atoms with van der Waals surface area (Å²) < 4.78 is 1.09. The lowest BCUT2D eigenvalue weighted by Gasteiger charge is -2.30. The van der Waals surface area contributed by atoms with Gasteiger partial charge in [0.15, 0.2) is 5.84 Å². The summed E-state index contributed by atoms with van der Waals surface area (Å²) in [6.07, 6.45) is 49.6. The smallest absolute Gasteiger partial charge is 0.198 e. The number of amidine groups is 1. The molecule has 1 N–H and O–H groups in total. The van der Waals surface area contributed by atoms with Crippen LogP contribution in [0.4, 0.5) is 0 Å². The standard InChI is InChI=1S/C42H82N3/c1-4-6-8-10-12-14-16-18-20-22-24-26-28-30-32-34-36-42-44-39-41-45(42,3)40-38-43-37-35-33-31-29-27-25-23-21-19-17-15-13-11-9-7-5-2/h18-21,43H,4-17,22-41H2,1-3H3/q+1/b20-18-,21-19-. The first-order valence-corrected chi connectivity index (χ1v) is 20.6. The van der Waals surface area contributed by atoms with E-state index in [0.29, 0.717) is 0 Å². The number of allylic oxidation sites excluding steroid dienone is 4. The lowest BCUT2D eigenvalue weighted by atomic mass is 10.1. The summed E-state index contributed by atoms with van der Waals surface area (Å²) in [7, 11) is 2.43. The highest BCUT2D eigenvalue weighted by Gasteiger charge is 2.32. The Morgan fingerprint density at radius 3 is 1.38 bits per heavy atom. The Labute approximate surface area is 284 Å². The van der Waals surface area contributed by atoms with Gasteiger partial charge in [-0.15, -0.1) is 0 Å². The van der Waals surface area contributed by atoms with Gasteiger partial charge >= 0.3 is 0 Å². The Balaban J connectivity index is 1.88. The zero-order valence-corrected chi connectivity index (χ0v) is 31.2. The molecule has 0 radical (unpaired) electrons. The maximum atomic E-state index is 4.95. The molecule has 3 nitrogen and oxygen atoms in total. The largest absolute Gasteiger partial charge is 0.311 e. The van der Waals surface area contributed by atoms with Crippen LogP contribution in [0.3, 0.4) is 0 Å². The minimum atomic E-state index is 1.03. The first-order chi connectivity index (χ1) is 22.2. The summed E-state index contributed by atoms with van der Waals surface area (Å²) in [5.41, 5.74) is 0. The highest BCUT2D eigenvalue weighted by Crippen LogP contribution is 2.18. The maximum absolute atomic E-state index is 4.95. The van der Waals surface area contributed by atoms with Crippen LogP contribution < -0.4 is 5.32 Å². The molecular formula is C42H82N3+. The van der Waals surface area contributed by atoms with Crippen LogP contribution in [0, 0.1) is 0 Å². The number of nitrogens with one attached hydrogen (secondary N) is 1. The van der Waals surface area contributed by atoms with Gasteiger partial charge in [-0.25, -0.2) is 4.99 Å². The van der Waals surface area contributed by atoms with E-state index < -0.39 is 0 Å². The van der Waals surface area contributed by atoms with Crippen LogP contribution in [0.5, 0.6) is 0 Å². The van der Waals surface area contributed by atoms with E-state index in [0.717, 1.165) is 17.6 Å². The molecule has 0 saturated heterocycles. The molecule has 1 heterocycles. The molecule has 0 aromatic carbocycles. The molecule has 45 heavy (non-hydrogen) atoms. The predicted octanol–water partition coefficient (Wildman–Crippen LogP) is 12.9. The molecule has 1 unspecified atom stereocenters. The molecule has 0 spiro atoms. The molecule has 0 saturated carbocycles. The van der Waals surface area contributed by atoms with Crippen molar-refractivity contribution in [2.75, 3.05) is 39.8 Å². The third kappa shape index (κ3) is 26.8. The second-order valence-electron chi connectivity index (χ2n) is 14.5. The van der Waals surface area contributed by atoms with Gasteiger partial charge in [-0.3, -0.25) is 4.48 Å². The molecule has 0 aromatic heterocycles. The Kier molecular flexibility index (Phi) is 30.9. The van der Waals surface area contributed by atoms with Crippen molar-refractivity contribution in [3.63, 3.8) is 0 Å². The van der Waals surface area contributed by atoms with E-state index in [1.807, 2.05) is 0 Å². The molecule has 0 amide bonds. The van der Waals surface area contributed by atoms with E-state index in [-0.39, 0.29) is 0 Å². The van der Waals surface area contributed by atoms with Gasteiger partial charge in [-0.1, -0.05) is 154 Å². The number of unbranched alkanes of at least 4 members (excludes halogenated alkanes) is 24. The molecule has 1 aliphatic rings. The molecule has 0 fully saturated rings. The maximum Gasteiger partial charge on any atom is 0.198 e. The second kappa shape index (κ2) is 33.0. The first-order valence-electron chi connectivity index (χ1n) is 20.6. The van der Waals surface area contributed by atoms with Crippen molar-refractivity contribution in [1.82, 2.24) is 5.32 Å². The summed E-state index contributed by atoms with van der Waals surface area (Å²) in [6.45, 7) is 10.4. The van der Waals surface area contributed by atoms with Crippen molar-refractivity contribution in [3.05, 3.63) is 24.3 Å². The molecule has 264 valence electrons. The van der Waals surface area contributed by atoms with E-state index in [9.17, 15) is 0 Å². The van der Waals surface area contributed by atoms with Gasteiger partial charge in [-0.2, -0.15) is 0 Å². The highest BCUT2D eigenvalue weighted by molar-refractivity contribution is 5.76. The molecule has 0 aliphatic carbocycles. The lowest BCUT2D eigenvalue weighted by Crippen LogP contribution is -2.50. The van der Waals surface area contributed by atoms with Crippen molar-refractivity contribution in [1.29, 1.82) is 0 Å². The van der Waals surface area contributed by atoms with Gasteiger partial charge in [-0.05, 0) is 70.8 Å². The Bertz CT molecular complexity index is 696. The normalized spacial score (nSPS) is 16.9. The molecule has 0 bridgehead atoms. The lowest BCUT2D eigenvalue weighted by molar-refractivity contribution is -0.814. The summed E-state index contributed by atoms with van der Waals surface area (Å²) >= 11 is 0. The van der Waals surface area contributed by atoms with Crippen LogP contribution in [0.2, 0.25) is 0 Å². The summed E-state index contributed by atoms with van der Waals surface area (Å²) in [5.74, 6) is 1.48. The van der Waals surface area contributed by atoms with Gasteiger partial charge in [0.25, 0.3) is 0 Å². The predicted molar refractivity (Wildman–Crippen MR) is 205 cm³/mol. The summed E-state index contributed by atoms with van der Waals surface area (Å²) in [5, 5.41) is 3.75. The molecule has 3 heteroatoms. The molecule has 1 atom stereocenters. The average Bonchev–Trinajstić information content (AvgIpc) is 3.41. The number of aliphatic imine (C=N–C) groups is 1. The zero-order valence-electron chi connectivity index (χ0n) is 31.2. The monoisotopic (exact) mass is 629 g/mol. The number of quaternary nitrogens is 1. The van der Waals surface area contributed by atoms with Crippen molar-refractivity contribution in [2.45, 2.75) is 200 Å². The number of nitrogens with zero attached hydrogens (tertiary/aromatic N) is 2. The summed E-state index contributed by atoms with van der Waals surface area (Å²) in [4.78, 5) is 4.95. The minimum Gasteiger partial charge on any atom is -0.311 e. The molecular weight excluding hydrogens is 546 g/mol. The van der Waals surface area contributed by atoms with Crippen LogP contribution in [-0.2, 0) is 0 Å². The van der Waals surface area contributed by atoms with Crippen LogP contribution in [0.15, 0.2) is 29.3 Å². The van der Waals surface area contributed by atoms with Crippen LogP contribution in [-0.4, -0.2) is 50.1 Å². The van der Waals surface area contributed by atoms with Crippen molar-refractivity contribution in [2.24, 2.45) is 4.99 Å². The topological polar surface area (TPSA) is 24.4 Å². The van der Waals surface area contributed by atoms with E-state index in [1.54, 1.807) is 0 Å². The molecule has 1 aliphatic heterocycles. The van der Waals surface area contributed by atoms with Crippen LogP contribution >= 0.6 is 0 Å². The zero-order chi connectivity index (χ0) is 32.4. The first kappa shape index (κ1) is 42.1. The van der Waals surface area contributed by atoms with Gasteiger partial charge in [0.2, 0.25) is 0 Å². The highest BCUT2D eigenvalue weighted by atomic mass is 15.4. The number of hydrogen-bond donors (Lipinski definition) is 1. The van der Waals surface area contributed by atoms with E-state index in [4.69, 9.17) is 4.99 Å². The van der Waals surface area contributed by atoms with Crippen molar-refractivity contribution >= 4 is 5.84 Å². The number of rotatable bonds is 35. The van der Waals surface area contributed by atoms with E-state index >= 15 is 0 Å². The van der Waals surface area contributed by atoms with Gasteiger partial charge < -0.3 is 5.32 Å². The third-order valence-electron chi connectivity index (χ3n) is 10.1. The number of hydrogen-bond acceptors (Lipinski definition) is 2. The summed E-state index contributed by atoms with van der Waals surface area (Å²) in [6, 6.07) is 0. The van der Waals surface area contributed by atoms with Crippen molar-refractivity contribution in [3.8, 4) is 0 Å². The fourth-order valence-electron chi connectivity index (χ4n) is 6.77. The average molecular weight is 629 g/mol. The van der Waals surface area contributed by atoms with Gasteiger partial charge in [0, 0.05) is 13.0 Å². The fraction of sp³-hybridized carbons (Fsp3) is 0.881. The van der Waals surface area contributed by atoms with Crippen molar-refractivity contribution < 1.29 is 4.48 Å². The van der Waals surface area contributed by atoms with E-state index in [1.165, 1.54) is 212 Å². The van der Waals surface area contributed by atoms with Gasteiger partial charge in [0.1, 0.15) is 6.54 Å². The van der Waals surface area contributed by atoms with E-state index in [2.05, 4.69) is 50.5 Å². The minimum absolute atomic E-state index is 1.03. The van der Waals surface area contributed by atoms with Crippen LogP contribution in [0.1, 0.15) is 200 Å². The van der Waals surface area contributed by atoms with Crippen LogP contribution in [0.25, 0.3) is 0 Å². The van der Waals surface area contributed by atoms with Gasteiger partial charge in [0.05, 0.1) is 20.1 Å². The number of likely N-dealkylation sites (N-methyl/N-ethyl adjacent to an activating group) is 1. The third-order valence-corrected chi connectivity index (χ3v) is 10.1. The Hall–Kier alpha value is -0.930. The quantitative estimate of drug-likeness (QED) is 0.0421. The fourth-order valence-corrected chi connectivity index (χ4v) is 6.77. The molecule has 1 rings (SSSR count).